The van der Waals surface area contributed by atoms with Gasteiger partial charge in [0, 0.05) is 29.3 Å². The molecule has 1 aromatic carbocycles. The fraction of sp³-hybridized carbons (Fsp3) is 0.409. The molecule has 1 aliphatic carbocycles. The van der Waals surface area contributed by atoms with E-state index in [4.69, 9.17) is 16.3 Å². The van der Waals surface area contributed by atoms with Gasteiger partial charge < -0.3 is 15.0 Å². The van der Waals surface area contributed by atoms with E-state index in [1.807, 2.05) is 24.3 Å². The number of ether oxygens (including phenoxy) is 1. The number of halogens is 1. The molecule has 2 heterocycles. The molecule has 2 fully saturated rings. The van der Waals surface area contributed by atoms with Gasteiger partial charge in [-0.2, -0.15) is 0 Å². The van der Waals surface area contributed by atoms with Gasteiger partial charge in [0.15, 0.2) is 9.84 Å². The number of nitrogens with zero attached hydrogens (tertiary/aromatic N) is 3. The number of amides is 1. The summed E-state index contributed by atoms with van der Waals surface area (Å²) in [6.07, 6.45) is 7.52. The number of sulfone groups is 1. The van der Waals surface area contributed by atoms with E-state index in [2.05, 4.69) is 20.2 Å². The molecule has 1 amide bonds. The summed E-state index contributed by atoms with van der Waals surface area (Å²) in [5.41, 5.74) is 0.966. The number of carbonyl (C=O) groups is 1. The zero-order valence-electron chi connectivity index (χ0n) is 17.9. The first-order valence-corrected chi connectivity index (χ1v) is 12.7. The van der Waals surface area contributed by atoms with Crippen molar-refractivity contribution < 1.29 is 17.9 Å². The van der Waals surface area contributed by atoms with Gasteiger partial charge in [0.05, 0.1) is 30.6 Å². The van der Waals surface area contributed by atoms with E-state index in [1.165, 1.54) is 12.3 Å². The average Bonchev–Trinajstić information content (AvgIpc) is 3.51. The summed E-state index contributed by atoms with van der Waals surface area (Å²) in [4.78, 5) is 23.4. The lowest BCUT2D eigenvalue weighted by Gasteiger charge is -2.41. The van der Waals surface area contributed by atoms with Crippen molar-refractivity contribution in [1.29, 1.82) is 0 Å². The van der Waals surface area contributed by atoms with Gasteiger partial charge >= 0.3 is 0 Å². The highest BCUT2D eigenvalue weighted by atomic mass is 35.5. The minimum atomic E-state index is -3.26. The third-order valence-corrected chi connectivity index (χ3v) is 6.59. The zero-order chi connectivity index (χ0) is 22.9. The molecule has 1 N–H and O–H groups in total. The summed E-state index contributed by atoms with van der Waals surface area (Å²) in [6.45, 7) is 2.85. The Balaban J connectivity index is 1.51. The maximum atomic E-state index is 12.5. The number of rotatable bonds is 6. The zero-order valence-corrected chi connectivity index (χ0v) is 19.4. The predicted octanol–water partition coefficient (Wildman–Crippen LogP) is 2.92. The van der Waals surface area contributed by atoms with E-state index < -0.39 is 21.8 Å². The third-order valence-electron chi connectivity index (χ3n) is 5.59. The number of anilines is 1. The van der Waals surface area contributed by atoms with Crippen molar-refractivity contribution in [2.75, 3.05) is 24.3 Å². The number of hydrogen-bond acceptors (Lipinski definition) is 7. The van der Waals surface area contributed by atoms with Gasteiger partial charge in [-0.3, -0.25) is 4.79 Å². The lowest BCUT2D eigenvalue weighted by molar-refractivity contribution is -0.000619. The molecule has 4 rings (SSSR count). The Morgan fingerprint density at radius 1 is 1.31 bits per heavy atom. The summed E-state index contributed by atoms with van der Waals surface area (Å²) >= 11 is 6.45. The number of nitrogens with one attached hydrogen (secondary N) is 1. The minimum Gasteiger partial charge on any atom is -0.371 e. The molecule has 1 saturated carbocycles. The molecule has 1 aromatic heterocycles. The van der Waals surface area contributed by atoms with E-state index in [9.17, 15) is 13.2 Å². The van der Waals surface area contributed by atoms with Crippen LogP contribution in [0, 0.1) is 0 Å². The molecule has 0 unspecified atom stereocenters. The second-order valence-electron chi connectivity index (χ2n) is 8.34. The van der Waals surface area contributed by atoms with Crippen molar-refractivity contribution in [1.82, 2.24) is 15.3 Å². The molecule has 32 heavy (non-hydrogen) atoms. The smallest absolute Gasteiger partial charge is 0.271 e. The molecular formula is C22H25ClN4O4S. The topological polar surface area (TPSA) is 101 Å². The fourth-order valence-electron chi connectivity index (χ4n) is 3.67. The molecule has 2 aromatic rings. The van der Waals surface area contributed by atoms with Crippen molar-refractivity contribution in [2.45, 2.75) is 37.5 Å². The Morgan fingerprint density at radius 3 is 2.69 bits per heavy atom. The molecular weight excluding hydrogens is 452 g/mol. The Morgan fingerprint density at radius 2 is 2.06 bits per heavy atom. The molecule has 1 aliphatic heterocycles. The highest BCUT2D eigenvalue weighted by Gasteiger charge is 2.50. The first-order valence-electron chi connectivity index (χ1n) is 10.3. The molecule has 170 valence electrons. The largest absolute Gasteiger partial charge is 0.371 e. The summed E-state index contributed by atoms with van der Waals surface area (Å²) in [5.74, 6) is 0.212. The number of aromatic nitrogens is 2. The van der Waals surface area contributed by atoms with Crippen LogP contribution in [0.5, 0.6) is 0 Å². The molecule has 8 nitrogen and oxygen atoms in total. The van der Waals surface area contributed by atoms with Crippen LogP contribution in [-0.4, -0.2) is 55.3 Å². The van der Waals surface area contributed by atoms with Gasteiger partial charge in [-0.25, -0.2) is 18.4 Å². The summed E-state index contributed by atoms with van der Waals surface area (Å²) in [7, 11) is -3.26. The van der Waals surface area contributed by atoms with Crippen LogP contribution in [0.25, 0.3) is 0 Å². The number of benzene rings is 1. The second kappa shape index (κ2) is 8.80. The van der Waals surface area contributed by atoms with Gasteiger partial charge in [0.1, 0.15) is 11.5 Å². The van der Waals surface area contributed by atoms with E-state index in [1.54, 1.807) is 13.1 Å². The number of morpholine rings is 1. The van der Waals surface area contributed by atoms with Crippen LogP contribution in [0.15, 0.2) is 48.1 Å². The molecule has 0 bridgehead atoms. The standard InChI is InChI=1S/C22H25ClN4O4S/c1-15(7-10-32(2,29)30)26-21(28)18-11-25-20(12-24-18)27-14-22(8-9-22)31-13-19(27)16-5-3-4-6-17(16)23/h3-7,10-12,15,19H,8-9,13-14H2,1-2H3,(H,26,28)/b10-7+/t15-,19+/m1/s1. The highest BCUT2D eigenvalue weighted by molar-refractivity contribution is 7.93. The van der Waals surface area contributed by atoms with E-state index in [0.29, 0.717) is 24.0 Å². The lowest BCUT2D eigenvalue weighted by atomic mass is 10.0. The van der Waals surface area contributed by atoms with Crippen LogP contribution in [0.1, 0.15) is 41.9 Å². The summed E-state index contributed by atoms with van der Waals surface area (Å²) < 4.78 is 28.6. The van der Waals surface area contributed by atoms with Crippen LogP contribution in [0.4, 0.5) is 5.82 Å². The molecule has 0 radical (unpaired) electrons. The molecule has 10 heteroatoms. The van der Waals surface area contributed by atoms with Crippen molar-refractivity contribution in [2.24, 2.45) is 0 Å². The van der Waals surface area contributed by atoms with Crippen molar-refractivity contribution >= 4 is 33.2 Å². The van der Waals surface area contributed by atoms with Gasteiger partial charge in [-0.15, -0.1) is 0 Å². The first-order chi connectivity index (χ1) is 15.2. The van der Waals surface area contributed by atoms with Crippen molar-refractivity contribution in [3.05, 3.63) is 64.4 Å². The van der Waals surface area contributed by atoms with Gasteiger partial charge in [-0.05, 0) is 31.4 Å². The second-order valence-corrected chi connectivity index (χ2v) is 10.7. The van der Waals surface area contributed by atoms with Crippen LogP contribution in [0.3, 0.4) is 0 Å². The monoisotopic (exact) mass is 476 g/mol. The molecule has 2 atom stereocenters. The minimum absolute atomic E-state index is 0.106. The van der Waals surface area contributed by atoms with Gasteiger partial charge in [0.2, 0.25) is 0 Å². The molecule has 1 spiro atoms. The molecule has 2 aliphatic rings. The number of hydrogen-bond donors (Lipinski definition) is 1. The normalized spacial score (nSPS) is 21.0. The lowest BCUT2D eigenvalue weighted by Crippen LogP contribution is -2.46. The SMILES string of the molecule is C[C@H](/C=C/S(C)(=O)=O)NC(=O)c1cnc(N2CC3(CC3)OC[C@H]2c2ccccc2Cl)cn1. The van der Waals surface area contributed by atoms with Crippen LogP contribution >= 0.6 is 11.6 Å². The molecule has 1 saturated heterocycles. The van der Waals surface area contributed by atoms with E-state index in [0.717, 1.165) is 30.1 Å². The summed E-state index contributed by atoms with van der Waals surface area (Å²) in [6, 6.07) is 7.09. The Kier molecular flexibility index (Phi) is 6.24. The fourth-order valence-corrected chi connectivity index (χ4v) is 4.46. The quantitative estimate of drug-likeness (QED) is 0.683. The third kappa shape index (κ3) is 5.28. The Bertz CT molecular complexity index is 1130. The first kappa shape index (κ1) is 22.7. The van der Waals surface area contributed by atoms with Crippen LogP contribution < -0.4 is 10.2 Å². The van der Waals surface area contributed by atoms with E-state index >= 15 is 0 Å². The Labute approximate surface area is 192 Å². The highest BCUT2D eigenvalue weighted by Crippen LogP contribution is 2.47. The maximum absolute atomic E-state index is 12.5. The number of carbonyl (C=O) groups excluding carboxylic acids is 1. The summed E-state index contributed by atoms with van der Waals surface area (Å²) in [5, 5.41) is 4.42. The van der Waals surface area contributed by atoms with Crippen LogP contribution in [0.2, 0.25) is 5.02 Å². The Hall–Kier alpha value is -2.49. The predicted molar refractivity (Wildman–Crippen MR) is 122 cm³/mol. The van der Waals surface area contributed by atoms with Gasteiger partial charge in [-0.1, -0.05) is 35.9 Å². The maximum Gasteiger partial charge on any atom is 0.271 e. The van der Waals surface area contributed by atoms with Crippen molar-refractivity contribution in [3.8, 4) is 0 Å². The van der Waals surface area contributed by atoms with Crippen molar-refractivity contribution in [3.63, 3.8) is 0 Å². The van der Waals surface area contributed by atoms with Crippen LogP contribution in [-0.2, 0) is 14.6 Å². The van der Waals surface area contributed by atoms with Gasteiger partial charge in [0.25, 0.3) is 5.91 Å². The van der Waals surface area contributed by atoms with E-state index in [-0.39, 0.29) is 17.3 Å². The average molecular weight is 477 g/mol.